The van der Waals surface area contributed by atoms with E-state index in [1.54, 1.807) is 12.1 Å². The first-order chi connectivity index (χ1) is 17.8. The number of aliphatic hydroxyl groups excluding tert-OH is 2. The van der Waals surface area contributed by atoms with Crippen LogP contribution in [0.25, 0.3) is 11.1 Å². The van der Waals surface area contributed by atoms with Gasteiger partial charge in [-0.25, -0.2) is 13.1 Å². The predicted molar refractivity (Wildman–Crippen MR) is 145 cm³/mol. The lowest BCUT2D eigenvalue weighted by molar-refractivity contribution is -0.118. The number of nitrogens with one attached hydrogen (secondary N) is 2. The Morgan fingerprint density at radius 3 is 2.38 bits per heavy atom. The maximum Gasteiger partial charge on any atom is 0.240 e. The zero-order valence-corrected chi connectivity index (χ0v) is 21.0. The molecule has 3 aromatic carbocycles. The number of amides is 1. The molecule has 1 saturated carbocycles. The van der Waals surface area contributed by atoms with Crippen molar-refractivity contribution >= 4 is 21.6 Å². The van der Waals surface area contributed by atoms with Crippen LogP contribution in [-0.4, -0.2) is 50.6 Å². The second-order valence-electron chi connectivity index (χ2n) is 9.34. The summed E-state index contributed by atoms with van der Waals surface area (Å²) in [6.07, 6.45) is 1.49. The van der Waals surface area contributed by atoms with E-state index in [1.807, 2.05) is 43.3 Å². The van der Waals surface area contributed by atoms with Gasteiger partial charge in [0.05, 0.1) is 29.6 Å². The molecule has 5 rings (SSSR count). The van der Waals surface area contributed by atoms with Gasteiger partial charge in [-0.3, -0.25) is 4.79 Å². The van der Waals surface area contributed by atoms with E-state index in [1.165, 1.54) is 12.1 Å². The summed E-state index contributed by atoms with van der Waals surface area (Å²) in [5.41, 5.74) is 3.54. The van der Waals surface area contributed by atoms with E-state index in [9.17, 15) is 23.4 Å². The number of sulfonamides is 1. The highest BCUT2D eigenvalue weighted by molar-refractivity contribution is 7.89. The van der Waals surface area contributed by atoms with Gasteiger partial charge >= 0.3 is 0 Å². The molecule has 37 heavy (non-hydrogen) atoms. The third-order valence-electron chi connectivity index (χ3n) is 6.84. The van der Waals surface area contributed by atoms with Gasteiger partial charge in [-0.15, -0.1) is 0 Å². The Labute approximate surface area is 221 Å². The minimum atomic E-state index is -3.90. The summed E-state index contributed by atoms with van der Waals surface area (Å²) in [6.45, 7) is 1.09. The molecule has 9 nitrogen and oxygen atoms in total. The minimum Gasteiger partial charge on any atom is -0.454 e. The van der Waals surface area contributed by atoms with Gasteiger partial charge in [-0.1, -0.05) is 24.3 Å². The Bertz CT molecular complexity index is 1450. The summed E-state index contributed by atoms with van der Waals surface area (Å²) >= 11 is 0. The fraction of sp³-hybridized carbons (Fsp3) is 0.296. The first-order valence-corrected chi connectivity index (χ1v) is 13.4. The molecule has 4 N–H and O–H groups in total. The molecular weight excluding hydrogens is 496 g/mol. The van der Waals surface area contributed by atoms with Crippen molar-refractivity contribution < 1.29 is 38.6 Å². The molecule has 0 aromatic heterocycles. The SMILES string of the molecule is Cc1ccc(NC(=O)C2(c3ccc4c(c3)OCO4)CC2)cc1-c1ccc(S(=O)(=O)NC(CO)CO)cc1.[HH].[HH].[HH].[HH]. The molecule has 202 valence electrons. The average molecular weight is 533 g/mol. The molecule has 0 spiro atoms. The third-order valence-corrected chi connectivity index (χ3v) is 8.38. The number of carbonyl (C=O) groups is 1. The molecule has 0 unspecified atom stereocenters. The van der Waals surface area contributed by atoms with Gasteiger partial charge in [0.25, 0.3) is 0 Å². The first-order valence-electron chi connectivity index (χ1n) is 11.9. The van der Waals surface area contributed by atoms with E-state index in [0.29, 0.717) is 17.2 Å². The number of ether oxygens (including phenoxy) is 2. The number of carbonyl (C=O) groups excluding carboxylic acids is 1. The van der Waals surface area contributed by atoms with Crippen LogP contribution < -0.4 is 19.5 Å². The summed E-state index contributed by atoms with van der Waals surface area (Å²) in [6, 6.07) is 16.6. The second-order valence-corrected chi connectivity index (χ2v) is 11.1. The lowest BCUT2D eigenvalue weighted by Crippen LogP contribution is -2.39. The van der Waals surface area contributed by atoms with Crippen molar-refractivity contribution in [1.82, 2.24) is 4.72 Å². The van der Waals surface area contributed by atoms with Crippen LogP contribution in [0.4, 0.5) is 5.69 Å². The molecule has 0 atom stereocenters. The van der Waals surface area contributed by atoms with E-state index < -0.39 is 34.7 Å². The monoisotopic (exact) mass is 532 g/mol. The molecule has 1 aliphatic carbocycles. The van der Waals surface area contributed by atoms with Crippen LogP contribution in [0.5, 0.6) is 11.5 Å². The first kappa shape index (κ1) is 25.2. The predicted octanol–water partition coefficient (Wildman–Crippen LogP) is 3.68. The highest BCUT2D eigenvalue weighted by Crippen LogP contribution is 2.51. The van der Waals surface area contributed by atoms with Crippen molar-refractivity contribution in [3.05, 3.63) is 71.8 Å². The van der Waals surface area contributed by atoms with Gasteiger partial charge < -0.3 is 25.0 Å². The maximum atomic E-state index is 13.3. The molecule has 1 fully saturated rings. The fourth-order valence-electron chi connectivity index (χ4n) is 4.46. The van der Waals surface area contributed by atoms with Crippen LogP contribution >= 0.6 is 0 Å². The summed E-state index contributed by atoms with van der Waals surface area (Å²) in [5.74, 6) is 1.24. The van der Waals surface area contributed by atoms with Crippen LogP contribution in [0, 0.1) is 6.92 Å². The van der Waals surface area contributed by atoms with E-state index in [4.69, 9.17) is 9.47 Å². The number of fused-ring (bicyclic) bond motifs is 1. The lowest BCUT2D eigenvalue weighted by Gasteiger charge is -2.17. The molecule has 2 aliphatic rings. The van der Waals surface area contributed by atoms with Crippen molar-refractivity contribution in [1.29, 1.82) is 0 Å². The molecule has 1 amide bonds. The Hall–Kier alpha value is -3.44. The number of aliphatic hydroxyl groups is 2. The molecule has 3 aromatic rings. The quantitative estimate of drug-likeness (QED) is 0.330. The van der Waals surface area contributed by atoms with Crippen LogP contribution in [-0.2, 0) is 20.2 Å². The van der Waals surface area contributed by atoms with Crippen LogP contribution in [0.1, 0.15) is 29.7 Å². The highest BCUT2D eigenvalue weighted by Gasteiger charge is 2.51. The lowest BCUT2D eigenvalue weighted by atomic mass is 9.94. The molecule has 1 aliphatic heterocycles. The van der Waals surface area contributed by atoms with E-state index >= 15 is 0 Å². The van der Waals surface area contributed by atoms with Crippen molar-refractivity contribution in [2.75, 3.05) is 25.3 Å². The van der Waals surface area contributed by atoms with Crippen LogP contribution in [0.3, 0.4) is 0 Å². The van der Waals surface area contributed by atoms with Crippen molar-refractivity contribution in [2.45, 2.75) is 36.1 Å². The molecule has 0 saturated heterocycles. The van der Waals surface area contributed by atoms with E-state index in [0.717, 1.165) is 35.1 Å². The number of benzene rings is 3. The summed E-state index contributed by atoms with van der Waals surface area (Å²) < 4.78 is 38.2. The third kappa shape index (κ3) is 4.93. The number of hydrogen-bond donors (Lipinski definition) is 4. The van der Waals surface area contributed by atoms with E-state index in [2.05, 4.69) is 10.0 Å². The standard InChI is InChI=1S/C27H28N2O7S.4H2/c1-17-2-6-20(28-26(32)27(10-11-27)19-5-9-24-25(12-19)36-16-35-24)13-23(17)18-3-7-22(8-4-18)37(33,34)29-21(14-30)15-31;;;;/h2-9,12-13,21,29-31H,10-11,14-16H2,1H3,(H,28,32);4*1H. The zero-order valence-electron chi connectivity index (χ0n) is 20.2. The Morgan fingerprint density at radius 2 is 1.70 bits per heavy atom. The normalized spacial score (nSPS) is 15.6. The number of anilines is 1. The van der Waals surface area contributed by atoms with Crippen LogP contribution in [0.15, 0.2) is 65.6 Å². The van der Waals surface area contributed by atoms with Crippen molar-refractivity contribution in [3.63, 3.8) is 0 Å². The van der Waals surface area contributed by atoms with Crippen molar-refractivity contribution in [2.24, 2.45) is 0 Å². The summed E-state index contributed by atoms with van der Waals surface area (Å²) in [7, 11) is -3.90. The van der Waals surface area contributed by atoms with Crippen molar-refractivity contribution in [3.8, 4) is 22.6 Å². The molecule has 1 heterocycles. The Kier molecular flexibility index (Phi) is 6.67. The summed E-state index contributed by atoms with van der Waals surface area (Å²) in [5, 5.41) is 21.4. The molecular formula is C27H36N2O7S. The Balaban J connectivity index is 0.00000210. The fourth-order valence-corrected chi connectivity index (χ4v) is 5.68. The van der Waals surface area contributed by atoms with Gasteiger partial charge in [0.1, 0.15) is 0 Å². The largest absolute Gasteiger partial charge is 0.454 e. The molecule has 10 heteroatoms. The highest BCUT2D eigenvalue weighted by atomic mass is 32.2. The second kappa shape index (κ2) is 9.79. The number of aryl methyl sites for hydroxylation is 1. The van der Waals surface area contributed by atoms with Gasteiger partial charge in [0, 0.05) is 11.4 Å². The van der Waals surface area contributed by atoms with Gasteiger partial charge in [0.2, 0.25) is 22.7 Å². The molecule has 0 bridgehead atoms. The average Bonchev–Trinajstić information content (AvgIpc) is 3.59. The van der Waals surface area contributed by atoms with E-state index in [-0.39, 0.29) is 23.3 Å². The van der Waals surface area contributed by atoms with Gasteiger partial charge in [0.15, 0.2) is 11.5 Å². The maximum absolute atomic E-state index is 13.3. The number of rotatable bonds is 9. The minimum absolute atomic E-state index is 0. The van der Waals surface area contributed by atoms with Crippen LogP contribution in [0.2, 0.25) is 0 Å². The topological polar surface area (TPSA) is 134 Å². The summed E-state index contributed by atoms with van der Waals surface area (Å²) in [4.78, 5) is 13.3. The smallest absolute Gasteiger partial charge is 0.240 e. The zero-order chi connectivity index (χ0) is 26.2. The Morgan fingerprint density at radius 1 is 1.00 bits per heavy atom. The van der Waals surface area contributed by atoms with Gasteiger partial charge in [-0.2, -0.15) is 0 Å². The number of hydrogen-bond acceptors (Lipinski definition) is 7. The molecule has 0 radical (unpaired) electrons. The van der Waals surface area contributed by atoms with Gasteiger partial charge in [-0.05, 0) is 78.4 Å².